The molecule has 0 spiro atoms. The molecule has 0 radical (unpaired) electrons. The third-order valence-electron chi connectivity index (χ3n) is 3.99. The SMILES string of the molecule is Cc1cccc(C)c1NC(=O)CCc1ccc2c(c1)OCCO2. The molecule has 1 N–H and O–H groups in total. The number of aryl methyl sites for hydroxylation is 3. The van der Waals surface area contributed by atoms with Crippen molar-refractivity contribution >= 4 is 11.6 Å². The molecule has 0 aromatic heterocycles. The van der Waals surface area contributed by atoms with Gasteiger partial charge in [0.25, 0.3) is 0 Å². The maximum absolute atomic E-state index is 12.2. The molecular weight excluding hydrogens is 290 g/mol. The van der Waals surface area contributed by atoms with Gasteiger partial charge in [-0.25, -0.2) is 0 Å². The number of hydrogen-bond acceptors (Lipinski definition) is 3. The number of benzene rings is 2. The van der Waals surface area contributed by atoms with Crippen LogP contribution in [0.4, 0.5) is 5.69 Å². The number of amides is 1. The summed E-state index contributed by atoms with van der Waals surface area (Å²) < 4.78 is 11.1. The zero-order valence-electron chi connectivity index (χ0n) is 13.5. The van der Waals surface area contributed by atoms with Crippen LogP contribution in [0.3, 0.4) is 0 Å². The lowest BCUT2D eigenvalue weighted by Crippen LogP contribution is -2.16. The lowest BCUT2D eigenvalue weighted by molar-refractivity contribution is -0.116. The van der Waals surface area contributed by atoms with E-state index in [-0.39, 0.29) is 5.91 Å². The second-order valence-corrected chi connectivity index (χ2v) is 5.79. The van der Waals surface area contributed by atoms with Crippen LogP contribution in [0, 0.1) is 13.8 Å². The minimum atomic E-state index is 0.0253. The van der Waals surface area contributed by atoms with Crippen LogP contribution in [0.25, 0.3) is 0 Å². The fraction of sp³-hybridized carbons (Fsp3) is 0.316. The fourth-order valence-corrected chi connectivity index (χ4v) is 2.71. The Labute approximate surface area is 136 Å². The van der Waals surface area contributed by atoms with Crippen LogP contribution < -0.4 is 14.8 Å². The normalized spacial score (nSPS) is 12.8. The lowest BCUT2D eigenvalue weighted by atomic mass is 10.1. The van der Waals surface area contributed by atoms with Gasteiger partial charge in [0.1, 0.15) is 13.2 Å². The number of nitrogens with one attached hydrogen (secondary N) is 1. The largest absolute Gasteiger partial charge is 0.486 e. The molecule has 0 atom stereocenters. The zero-order chi connectivity index (χ0) is 16.2. The monoisotopic (exact) mass is 311 g/mol. The summed E-state index contributed by atoms with van der Waals surface area (Å²) in [6.07, 6.45) is 1.11. The van der Waals surface area contributed by atoms with Gasteiger partial charge in [-0.05, 0) is 49.1 Å². The molecule has 1 heterocycles. The Balaban J connectivity index is 1.61. The van der Waals surface area contributed by atoms with Gasteiger partial charge in [-0.3, -0.25) is 4.79 Å². The third kappa shape index (κ3) is 3.65. The Bertz CT molecular complexity index is 704. The highest BCUT2D eigenvalue weighted by atomic mass is 16.6. The molecule has 2 aromatic carbocycles. The van der Waals surface area contributed by atoms with Crippen molar-refractivity contribution in [2.45, 2.75) is 26.7 Å². The van der Waals surface area contributed by atoms with E-state index in [1.165, 1.54) is 0 Å². The molecule has 1 aliphatic rings. The highest BCUT2D eigenvalue weighted by Crippen LogP contribution is 2.31. The number of fused-ring (bicyclic) bond motifs is 1. The highest BCUT2D eigenvalue weighted by Gasteiger charge is 2.13. The number of para-hydroxylation sites is 1. The number of anilines is 1. The quantitative estimate of drug-likeness (QED) is 0.937. The predicted molar refractivity (Wildman–Crippen MR) is 90.3 cm³/mol. The molecule has 120 valence electrons. The van der Waals surface area contributed by atoms with Crippen molar-refractivity contribution in [3.63, 3.8) is 0 Å². The second kappa shape index (κ2) is 6.73. The molecule has 0 bridgehead atoms. The minimum Gasteiger partial charge on any atom is -0.486 e. The van der Waals surface area contributed by atoms with Crippen LogP contribution in [-0.2, 0) is 11.2 Å². The van der Waals surface area contributed by atoms with Crippen molar-refractivity contribution in [2.75, 3.05) is 18.5 Å². The summed E-state index contributed by atoms with van der Waals surface area (Å²) in [4.78, 5) is 12.2. The first-order valence-electron chi connectivity index (χ1n) is 7.88. The van der Waals surface area contributed by atoms with Gasteiger partial charge in [-0.15, -0.1) is 0 Å². The van der Waals surface area contributed by atoms with Gasteiger partial charge in [0.2, 0.25) is 5.91 Å². The summed E-state index contributed by atoms with van der Waals surface area (Å²) >= 11 is 0. The van der Waals surface area contributed by atoms with Crippen LogP contribution in [0.15, 0.2) is 36.4 Å². The first-order chi connectivity index (χ1) is 11.1. The Hall–Kier alpha value is -2.49. The van der Waals surface area contributed by atoms with Crippen molar-refractivity contribution in [2.24, 2.45) is 0 Å². The van der Waals surface area contributed by atoms with Crippen LogP contribution in [0.1, 0.15) is 23.1 Å². The predicted octanol–water partition coefficient (Wildman–Crippen LogP) is 3.65. The summed E-state index contributed by atoms with van der Waals surface area (Å²) in [7, 11) is 0. The number of ether oxygens (including phenoxy) is 2. The Morgan fingerprint density at radius 1 is 1.04 bits per heavy atom. The first-order valence-corrected chi connectivity index (χ1v) is 7.88. The maximum Gasteiger partial charge on any atom is 0.224 e. The van der Waals surface area contributed by atoms with E-state index in [0.29, 0.717) is 26.1 Å². The summed E-state index contributed by atoms with van der Waals surface area (Å²) in [5.41, 5.74) is 4.15. The first kappa shape index (κ1) is 15.4. The molecule has 1 aliphatic heterocycles. The van der Waals surface area contributed by atoms with E-state index >= 15 is 0 Å². The average molecular weight is 311 g/mol. The second-order valence-electron chi connectivity index (χ2n) is 5.79. The number of carbonyl (C=O) groups excluding carboxylic acids is 1. The van der Waals surface area contributed by atoms with Gasteiger partial charge in [0.05, 0.1) is 0 Å². The number of hydrogen-bond donors (Lipinski definition) is 1. The van der Waals surface area contributed by atoms with E-state index in [9.17, 15) is 4.79 Å². The van der Waals surface area contributed by atoms with Crippen molar-refractivity contribution in [1.29, 1.82) is 0 Å². The van der Waals surface area contributed by atoms with E-state index in [0.717, 1.165) is 33.9 Å². The molecule has 4 heteroatoms. The van der Waals surface area contributed by atoms with E-state index in [4.69, 9.17) is 9.47 Å². The van der Waals surface area contributed by atoms with Crippen molar-refractivity contribution in [3.8, 4) is 11.5 Å². The maximum atomic E-state index is 12.2. The van der Waals surface area contributed by atoms with Gasteiger partial charge in [0.15, 0.2) is 11.5 Å². The van der Waals surface area contributed by atoms with Crippen molar-refractivity contribution in [1.82, 2.24) is 0 Å². The van der Waals surface area contributed by atoms with Crippen LogP contribution >= 0.6 is 0 Å². The summed E-state index contributed by atoms with van der Waals surface area (Å²) in [6.45, 7) is 5.17. The molecule has 2 aromatic rings. The van der Waals surface area contributed by atoms with Crippen LogP contribution in [-0.4, -0.2) is 19.1 Å². The molecule has 1 amide bonds. The standard InChI is InChI=1S/C19H21NO3/c1-13-4-3-5-14(2)19(13)20-18(21)9-7-15-6-8-16-17(12-15)23-11-10-22-16/h3-6,8,12H,7,9-11H2,1-2H3,(H,20,21). The molecular formula is C19H21NO3. The highest BCUT2D eigenvalue weighted by molar-refractivity contribution is 5.92. The molecule has 0 saturated heterocycles. The topological polar surface area (TPSA) is 47.6 Å². The molecule has 0 fully saturated rings. The number of carbonyl (C=O) groups is 1. The minimum absolute atomic E-state index is 0.0253. The zero-order valence-corrected chi connectivity index (χ0v) is 13.5. The van der Waals surface area contributed by atoms with Gasteiger partial charge in [-0.2, -0.15) is 0 Å². The third-order valence-corrected chi connectivity index (χ3v) is 3.99. The molecule has 4 nitrogen and oxygen atoms in total. The molecule has 23 heavy (non-hydrogen) atoms. The smallest absolute Gasteiger partial charge is 0.224 e. The molecule has 0 aliphatic carbocycles. The number of rotatable bonds is 4. The molecule has 0 saturated carbocycles. The molecule has 3 rings (SSSR count). The van der Waals surface area contributed by atoms with Gasteiger partial charge >= 0.3 is 0 Å². The van der Waals surface area contributed by atoms with E-state index in [1.807, 2.05) is 50.2 Å². The van der Waals surface area contributed by atoms with Gasteiger partial charge < -0.3 is 14.8 Å². The Kier molecular flexibility index (Phi) is 4.51. The van der Waals surface area contributed by atoms with Gasteiger partial charge in [0, 0.05) is 12.1 Å². The lowest BCUT2D eigenvalue weighted by Gasteiger charge is -2.18. The van der Waals surface area contributed by atoms with Crippen molar-refractivity contribution < 1.29 is 14.3 Å². The Morgan fingerprint density at radius 2 is 1.74 bits per heavy atom. The van der Waals surface area contributed by atoms with E-state index in [1.54, 1.807) is 0 Å². The summed E-state index contributed by atoms with van der Waals surface area (Å²) in [5.74, 6) is 1.57. The summed E-state index contributed by atoms with van der Waals surface area (Å²) in [5, 5.41) is 3.02. The van der Waals surface area contributed by atoms with E-state index in [2.05, 4.69) is 5.32 Å². The Morgan fingerprint density at radius 3 is 2.48 bits per heavy atom. The molecule has 0 unspecified atom stereocenters. The van der Waals surface area contributed by atoms with Gasteiger partial charge in [-0.1, -0.05) is 24.3 Å². The fourth-order valence-electron chi connectivity index (χ4n) is 2.71. The van der Waals surface area contributed by atoms with Crippen LogP contribution in [0.2, 0.25) is 0 Å². The van der Waals surface area contributed by atoms with E-state index < -0.39 is 0 Å². The van der Waals surface area contributed by atoms with Crippen LogP contribution in [0.5, 0.6) is 11.5 Å². The van der Waals surface area contributed by atoms with Crippen molar-refractivity contribution in [3.05, 3.63) is 53.1 Å². The average Bonchev–Trinajstić information content (AvgIpc) is 2.56. The summed E-state index contributed by atoms with van der Waals surface area (Å²) in [6, 6.07) is 11.9.